The zero-order valence-electron chi connectivity index (χ0n) is 15.8. The van der Waals surface area contributed by atoms with E-state index in [2.05, 4.69) is 20.6 Å². The fourth-order valence-corrected chi connectivity index (χ4v) is 2.86. The third-order valence-electron chi connectivity index (χ3n) is 4.15. The summed E-state index contributed by atoms with van der Waals surface area (Å²) in [6.07, 6.45) is 1.34. The van der Waals surface area contributed by atoms with Crippen LogP contribution in [0.3, 0.4) is 0 Å². The number of anilines is 3. The zero-order chi connectivity index (χ0) is 20.1. The van der Waals surface area contributed by atoms with E-state index in [0.717, 1.165) is 5.69 Å². The van der Waals surface area contributed by atoms with Crippen LogP contribution in [0.5, 0.6) is 17.2 Å². The Labute approximate surface area is 167 Å². The monoisotopic (exact) mass is 392 g/mol. The standard InChI is InChI=1S/C21H20N4O4/c1-2-27-17-6-4-3-5-15(17)25-20-12-16(22-13-23-20)21(26)24-14-7-8-18-19(11-14)29-10-9-28-18/h3-8,11-13H,2,9-10H2,1H3,(H,24,26)(H,22,23,25). The van der Waals surface area contributed by atoms with Crippen LogP contribution >= 0.6 is 0 Å². The number of benzene rings is 2. The Morgan fingerprint density at radius 3 is 2.76 bits per heavy atom. The lowest BCUT2D eigenvalue weighted by Gasteiger charge is -2.19. The maximum absolute atomic E-state index is 12.6. The van der Waals surface area contributed by atoms with E-state index in [1.807, 2.05) is 31.2 Å². The number of carbonyl (C=O) groups excluding carboxylic acids is 1. The van der Waals surface area contributed by atoms with E-state index in [-0.39, 0.29) is 11.6 Å². The molecule has 1 aliphatic rings. The Morgan fingerprint density at radius 1 is 1.07 bits per heavy atom. The van der Waals surface area contributed by atoms with Crippen LogP contribution in [0.2, 0.25) is 0 Å². The van der Waals surface area contributed by atoms with Gasteiger partial charge in [-0.1, -0.05) is 12.1 Å². The van der Waals surface area contributed by atoms with Gasteiger partial charge >= 0.3 is 0 Å². The summed E-state index contributed by atoms with van der Waals surface area (Å²) in [6, 6.07) is 14.3. The number of ether oxygens (including phenoxy) is 3. The maximum atomic E-state index is 12.6. The van der Waals surface area contributed by atoms with Crippen molar-refractivity contribution in [1.29, 1.82) is 0 Å². The number of aromatic nitrogens is 2. The average molecular weight is 392 g/mol. The van der Waals surface area contributed by atoms with E-state index >= 15 is 0 Å². The second-order valence-electron chi connectivity index (χ2n) is 6.16. The Morgan fingerprint density at radius 2 is 1.90 bits per heavy atom. The molecule has 0 aliphatic carbocycles. The molecule has 0 saturated heterocycles. The number of rotatable bonds is 6. The Bertz CT molecular complexity index is 1030. The van der Waals surface area contributed by atoms with Crippen LogP contribution in [0.4, 0.5) is 17.2 Å². The van der Waals surface area contributed by atoms with Crippen LogP contribution in [0.15, 0.2) is 54.9 Å². The van der Waals surface area contributed by atoms with Gasteiger partial charge in [0.25, 0.3) is 5.91 Å². The first-order chi connectivity index (χ1) is 14.2. The average Bonchev–Trinajstić information content (AvgIpc) is 2.75. The Kier molecular flexibility index (Phi) is 5.42. The molecule has 8 heteroatoms. The quantitative estimate of drug-likeness (QED) is 0.661. The predicted octanol–water partition coefficient (Wildman–Crippen LogP) is 3.64. The van der Waals surface area contributed by atoms with Gasteiger partial charge in [0.05, 0.1) is 12.3 Å². The van der Waals surface area contributed by atoms with Gasteiger partial charge in [-0.3, -0.25) is 4.79 Å². The van der Waals surface area contributed by atoms with Crippen molar-refractivity contribution < 1.29 is 19.0 Å². The fraction of sp³-hybridized carbons (Fsp3) is 0.190. The summed E-state index contributed by atoms with van der Waals surface area (Å²) >= 11 is 0. The highest BCUT2D eigenvalue weighted by Gasteiger charge is 2.15. The molecule has 2 N–H and O–H groups in total. The minimum Gasteiger partial charge on any atom is -0.492 e. The summed E-state index contributed by atoms with van der Waals surface area (Å²) in [5, 5.41) is 5.98. The predicted molar refractivity (Wildman–Crippen MR) is 108 cm³/mol. The molecule has 0 radical (unpaired) electrons. The normalized spacial score (nSPS) is 12.2. The lowest BCUT2D eigenvalue weighted by atomic mass is 10.2. The first kappa shape index (κ1) is 18.5. The zero-order valence-corrected chi connectivity index (χ0v) is 15.8. The largest absolute Gasteiger partial charge is 0.492 e. The molecule has 0 fully saturated rings. The van der Waals surface area contributed by atoms with Gasteiger partial charge in [0.15, 0.2) is 11.5 Å². The highest BCUT2D eigenvalue weighted by atomic mass is 16.6. The molecule has 2 heterocycles. The SMILES string of the molecule is CCOc1ccccc1Nc1cc(C(=O)Nc2ccc3c(c2)OCCO3)ncn1. The van der Waals surface area contributed by atoms with Gasteiger partial charge in [0, 0.05) is 17.8 Å². The van der Waals surface area contributed by atoms with Gasteiger partial charge in [-0.15, -0.1) is 0 Å². The summed E-state index contributed by atoms with van der Waals surface area (Å²) in [5.41, 5.74) is 1.58. The van der Waals surface area contributed by atoms with Crippen LogP contribution in [-0.4, -0.2) is 35.7 Å². The minimum absolute atomic E-state index is 0.228. The van der Waals surface area contributed by atoms with Crippen molar-refractivity contribution in [3.8, 4) is 17.2 Å². The summed E-state index contributed by atoms with van der Waals surface area (Å²) in [6.45, 7) is 3.46. The van der Waals surface area contributed by atoms with Crippen molar-refractivity contribution in [2.75, 3.05) is 30.5 Å². The van der Waals surface area contributed by atoms with Gasteiger partial charge in [-0.05, 0) is 31.2 Å². The highest BCUT2D eigenvalue weighted by Crippen LogP contribution is 2.32. The van der Waals surface area contributed by atoms with E-state index in [1.54, 1.807) is 24.3 Å². The molecule has 0 spiro atoms. The van der Waals surface area contributed by atoms with E-state index in [9.17, 15) is 4.79 Å². The molecule has 29 heavy (non-hydrogen) atoms. The molecule has 3 aromatic rings. The molecule has 0 saturated carbocycles. The van der Waals surface area contributed by atoms with Crippen molar-refractivity contribution in [2.24, 2.45) is 0 Å². The third kappa shape index (κ3) is 4.37. The summed E-state index contributed by atoms with van der Waals surface area (Å²) in [5.74, 6) is 2.10. The molecule has 1 aliphatic heterocycles. The van der Waals surface area contributed by atoms with Gasteiger partial charge < -0.3 is 24.8 Å². The number of nitrogens with zero attached hydrogens (tertiary/aromatic N) is 2. The van der Waals surface area contributed by atoms with Gasteiger partial charge in [0.2, 0.25) is 0 Å². The van der Waals surface area contributed by atoms with Gasteiger partial charge in [-0.2, -0.15) is 0 Å². The topological polar surface area (TPSA) is 94.6 Å². The molecular weight excluding hydrogens is 372 g/mol. The number of hydrogen-bond acceptors (Lipinski definition) is 7. The van der Waals surface area contributed by atoms with Crippen molar-refractivity contribution in [1.82, 2.24) is 9.97 Å². The van der Waals surface area contributed by atoms with Crippen LogP contribution in [0, 0.1) is 0 Å². The smallest absolute Gasteiger partial charge is 0.274 e. The molecule has 1 amide bonds. The molecule has 0 unspecified atom stereocenters. The molecule has 8 nitrogen and oxygen atoms in total. The lowest BCUT2D eigenvalue weighted by molar-refractivity contribution is 0.102. The van der Waals surface area contributed by atoms with E-state index in [0.29, 0.717) is 48.6 Å². The van der Waals surface area contributed by atoms with Gasteiger partial charge in [0.1, 0.15) is 36.8 Å². The molecule has 0 bridgehead atoms. The molecular formula is C21H20N4O4. The Hall–Kier alpha value is -3.81. The molecule has 1 aromatic heterocycles. The van der Waals surface area contributed by atoms with E-state index < -0.39 is 0 Å². The van der Waals surface area contributed by atoms with Crippen LogP contribution in [0.25, 0.3) is 0 Å². The van der Waals surface area contributed by atoms with Crippen molar-refractivity contribution in [3.05, 3.63) is 60.6 Å². The van der Waals surface area contributed by atoms with Crippen molar-refractivity contribution >= 4 is 23.1 Å². The second-order valence-corrected chi connectivity index (χ2v) is 6.16. The van der Waals surface area contributed by atoms with Crippen LogP contribution in [-0.2, 0) is 0 Å². The first-order valence-corrected chi connectivity index (χ1v) is 9.25. The summed E-state index contributed by atoms with van der Waals surface area (Å²) in [4.78, 5) is 20.9. The molecule has 148 valence electrons. The number of fused-ring (bicyclic) bond motifs is 1. The fourth-order valence-electron chi connectivity index (χ4n) is 2.86. The second kappa shape index (κ2) is 8.47. The third-order valence-corrected chi connectivity index (χ3v) is 4.15. The number of hydrogen-bond donors (Lipinski definition) is 2. The van der Waals surface area contributed by atoms with Crippen molar-refractivity contribution in [2.45, 2.75) is 6.92 Å². The number of nitrogens with one attached hydrogen (secondary N) is 2. The van der Waals surface area contributed by atoms with Crippen LogP contribution in [0.1, 0.15) is 17.4 Å². The van der Waals surface area contributed by atoms with E-state index in [4.69, 9.17) is 14.2 Å². The van der Waals surface area contributed by atoms with Crippen molar-refractivity contribution in [3.63, 3.8) is 0 Å². The van der Waals surface area contributed by atoms with E-state index in [1.165, 1.54) is 6.33 Å². The number of carbonyl (C=O) groups is 1. The minimum atomic E-state index is -0.356. The maximum Gasteiger partial charge on any atom is 0.274 e. The van der Waals surface area contributed by atoms with Gasteiger partial charge in [-0.25, -0.2) is 9.97 Å². The summed E-state index contributed by atoms with van der Waals surface area (Å²) in [7, 11) is 0. The lowest BCUT2D eigenvalue weighted by Crippen LogP contribution is -2.17. The molecule has 2 aromatic carbocycles. The summed E-state index contributed by atoms with van der Waals surface area (Å²) < 4.78 is 16.6. The number of para-hydroxylation sites is 2. The Balaban J connectivity index is 1.49. The number of amides is 1. The first-order valence-electron chi connectivity index (χ1n) is 9.25. The highest BCUT2D eigenvalue weighted by molar-refractivity contribution is 6.03. The van der Waals surface area contributed by atoms with Crippen LogP contribution < -0.4 is 24.8 Å². The molecule has 4 rings (SSSR count). The molecule has 0 atom stereocenters.